The van der Waals surface area contributed by atoms with Gasteiger partial charge in [-0.3, -0.25) is 19.8 Å². The molecule has 0 saturated carbocycles. The van der Waals surface area contributed by atoms with E-state index in [2.05, 4.69) is 4.99 Å². The number of benzene rings is 2. The van der Waals surface area contributed by atoms with Crippen molar-refractivity contribution in [2.45, 2.75) is 5.75 Å². The Hall–Kier alpha value is -3.14. The standard InChI is InChI=1S/C22H16ClN3O4S2/c1-30-20-9-8-16(11-18(20)23)25-21(27)19(12-17-3-2-10-31-17)24-22(25)32-13-14-4-6-15(7-5-14)26(28)29/h2-12H,13H2,1H3/b19-12+. The number of anilines is 1. The van der Waals surface area contributed by atoms with Gasteiger partial charge in [-0.25, -0.2) is 4.99 Å². The second-order valence-corrected chi connectivity index (χ2v) is 8.94. The molecule has 0 bridgehead atoms. The van der Waals surface area contributed by atoms with E-state index in [0.29, 0.717) is 33.1 Å². The van der Waals surface area contributed by atoms with Gasteiger partial charge in [-0.15, -0.1) is 11.3 Å². The molecule has 2 heterocycles. The number of non-ortho nitro benzene ring substituents is 1. The lowest BCUT2D eigenvalue weighted by atomic mass is 10.2. The van der Waals surface area contributed by atoms with Gasteiger partial charge in [0.2, 0.25) is 0 Å². The van der Waals surface area contributed by atoms with Gasteiger partial charge in [-0.05, 0) is 41.3 Å². The molecule has 4 rings (SSSR count). The van der Waals surface area contributed by atoms with Crippen LogP contribution < -0.4 is 9.64 Å². The average Bonchev–Trinajstić information content (AvgIpc) is 3.41. The van der Waals surface area contributed by atoms with Crippen molar-refractivity contribution in [1.29, 1.82) is 0 Å². The van der Waals surface area contributed by atoms with E-state index in [1.807, 2.05) is 17.5 Å². The summed E-state index contributed by atoms with van der Waals surface area (Å²) in [6.45, 7) is 0. The van der Waals surface area contributed by atoms with E-state index < -0.39 is 4.92 Å². The van der Waals surface area contributed by atoms with Crippen molar-refractivity contribution in [2.24, 2.45) is 4.99 Å². The maximum atomic E-state index is 13.2. The van der Waals surface area contributed by atoms with Crippen LogP contribution in [0, 0.1) is 10.1 Å². The SMILES string of the molecule is COc1ccc(N2C(=O)/C(=C\c3cccs3)N=C2SCc2ccc([N+](=O)[O-])cc2)cc1Cl. The second-order valence-electron chi connectivity index (χ2n) is 6.61. The van der Waals surface area contributed by atoms with E-state index in [-0.39, 0.29) is 11.6 Å². The van der Waals surface area contributed by atoms with Crippen LogP contribution in [0.2, 0.25) is 5.02 Å². The summed E-state index contributed by atoms with van der Waals surface area (Å²) in [7, 11) is 1.52. The van der Waals surface area contributed by atoms with Crippen molar-refractivity contribution in [3.05, 3.63) is 91.3 Å². The number of thioether (sulfide) groups is 1. The Kier molecular flexibility index (Phi) is 6.59. The fourth-order valence-electron chi connectivity index (χ4n) is 2.99. The molecule has 1 amide bonds. The van der Waals surface area contributed by atoms with Crippen LogP contribution >= 0.6 is 34.7 Å². The van der Waals surface area contributed by atoms with Crippen molar-refractivity contribution in [1.82, 2.24) is 0 Å². The Morgan fingerprint density at radius 1 is 1.25 bits per heavy atom. The summed E-state index contributed by atoms with van der Waals surface area (Å²) >= 11 is 9.17. The number of methoxy groups -OCH3 is 1. The minimum Gasteiger partial charge on any atom is -0.495 e. The van der Waals surface area contributed by atoms with Crippen LogP contribution in [0.25, 0.3) is 6.08 Å². The predicted octanol–water partition coefficient (Wildman–Crippen LogP) is 6.00. The number of ether oxygens (including phenoxy) is 1. The molecule has 0 saturated heterocycles. The van der Waals surface area contributed by atoms with E-state index in [9.17, 15) is 14.9 Å². The molecule has 162 valence electrons. The zero-order valence-electron chi connectivity index (χ0n) is 16.7. The van der Waals surface area contributed by atoms with Gasteiger partial charge in [0.25, 0.3) is 11.6 Å². The number of hydrogen-bond donors (Lipinski definition) is 0. The summed E-state index contributed by atoms with van der Waals surface area (Å²) in [6, 6.07) is 15.2. The van der Waals surface area contributed by atoms with E-state index >= 15 is 0 Å². The molecular weight excluding hydrogens is 470 g/mol. The summed E-state index contributed by atoms with van der Waals surface area (Å²) in [5.74, 6) is 0.732. The van der Waals surface area contributed by atoms with Crippen molar-refractivity contribution < 1.29 is 14.5 Å². The number of nitro benzene ring substituents is 1. The summed E-state index contributed by atoms with van der Waals surface area (Å²) in [6.07, 6.45) is 1.75. The number of amides is 1. The van der Waals surface area contributed by atoms with Gasteiger partial charge in [0.05, 0.1) is 22.7 Å². The normalized spacial score (nSPS) is 14.7. The van der Waals surface area contributed by atoms with Crippen molar-refractivity contribution >= 4 is 63.2 Å². The van der Waals surface area contributed by atoms with Gasteiger partial charge in [0.1, 0.15) is 11.4 Å². The Morgan fingerprint density at radius 3 is 2.66 bits per heavy atom. The molecular formula is C22H16ClN3O4S2. The van der Waals surface area contributed by atoms with Gasteiger partial charge >= 0.3 is 0 Å². The molecule has 1 aliphatic heterocycles. The number of nitrogens with zero attached hydrogens (tertiary/aromatic N) is 3. The summed E-state index contributed by atoms with van der Waals surface area (Å²) < 4.78 is 5.21. The highest BCUT2D eigenvalue weighted by atomic mass is 35.5. The molecule has 0 aliphatic carbocycles. The highest BCUT2D eigenvalue weighted by Crippen LogP contribution is 2.35. The van der Waals surface area contributed by atoms with Gasteiger partial charge in [0, 0.05) is 22.8 Å². The lowest BCUT2D eigenvalue weighted by molar-refractivity contribution is -0.384. The first-order valence-corrected chi connectivity index (χ1v) is 11.6. The first-order chi connectivity index (χ1) is 15.5. The molecule has 0 N–H and O–H groups in total. The zero-order valence-corrected chi connectivity index (χ0v) is 19.1. The summed E-state index contributed by atoms with van der Waals surface area (Å²) in [5.41, 5.74) is 1.80. The van der Waals surface area contributed by atoms with Crippen LogP contribution in [0.5, 0.6) is 5.75 Å². The molecule has 2 aromatic carbocycles. The van der Waals surface area contributed by atoms with Gasteiger partial charge in [-0.2, -0.15) is 0 Å². The zero-order chi connectivity index (χ0) is 22.7. The number of aliphatic imine (C=N–C) groups is 1. The molecule has 0 radical (unpaired) electrons. The molecule has 0 unspecified atom stereocenters. The number of amidine groups is 1. The van der Waals surface area contributed by atoms with E-state index in [4.69, 9.17) is 16.3 Å². The summed E-state index contributed by atoms with van der Waals surface area (Å²) in [5, 5.41) is 13.7. The maximum absolute atomic E-state index is 13.2. The lowest BCUT2D eigenvalue weighted by Crippen LogP contribution is -2.30. The third-order valence-electron chi connectivity index (χ3n) is 4.56. The number of halogens is 1. The number of hydrogen-bond acceptors (Lipinski definition) is 7. The van der Waals surface area contributed by atoms with Crippen molar-refractivity contribution in [2.75, 3.05) is 12.0 Å². The Morgan fingerprint density at radius 2 is 2.03 bits per heavy atom. The second kappa shape index (κ2) is 9.56. The van der Waals surface area contributed by atoms with Gasteiger partial charge in [-0.1, -0.05) is 41.6 Å². The molecule has 0 fully saturated rings. The topological polar surface area (TPSA) is 85.0 Å². The molecule has 3 aromatic rings. The van der Waals surface area contributed by atoms with Crippen LogP contribution in [0.15, 0.2) is 70.7 Å². The first-order valence-electron chi connectivity index (χ1n) is 9.34. The number of thiophene rings is 1. The molecule has 0 spiro atoms. The number of carbonyl (C=O) groups is 1. The van der Waals surface area contributed by atoms with E-state index in [1.165, 1.54) is 47.2 Å². The van der Waals surface area contributed by atoms with Crippen LogP contribution in [0.1, 0.15) is 10.4 Å². The minimum absolute atomic E-state index is 0.0304. The molecule has 1 aromatic heterocycles. The smallest absolute Gasteiger partial charge is 0.283 e. The van der Waals surface area contributed by atoms with Crippen LogP contribution in [-0.4, -0.2) is 23.1 Å². The molecule has 32 heavy (non-hydrogen) atoms. The predicted molar refractivity (Wildman–Crippen MR) is 130 cm³/mol. The van der Waals surface area contributed by atoms with E-state index in [0.717, 1.165) is 10.4 Å². The minimum atomic E-state index is -0.437. The van der Waals surface area contributed by atoms with Crippen LogP contribution in [0.3, 0.4) is 0 Å². The Labute approximate surface area is 197 Å². The third-order valence-corrected chi connectivity index (χ3v) is 6.68. The molecule has 10 heteroatoms. The monoisotopic (exact) mass is 485 g/mol. The van der Waals surface area contributed by atoms with E-state index in [1.54, 1.807) is 36.4 Å². The van der Waals surface area contributed by atoms with Crippen LogP contribution in [0.4, 0.5) is 11.4 Å². The quantitative estimate of drug-likeness (QED) is 0.243. The van der Waals surface area contributed by atoms with Crippen molar-refractivity contribution in [3.8, 4) is 5.75 Å². The largest absolute Gasteiger partial charge is 0.495 e. The highest BCUT2D eigenvalue weighted by Gasteiger charge is 2.32. The fraction of sp³-hybridized carbons (Fsp3) is 0.0909. The first kappa shape index (κ1) is 22.1. The fourth-order valence-corrected chi connectivity index (χ4v) is 4.86. The molecule has 1 aliphatic rings. The molecule has 7 nitrogen and oxygen atoms in total. The number of nitro groups is 1. The lowest BCUT2D eigenvalue weighted by Gasteiger charge is -2.18. The number of rotatable bonds is 6. The van der Waals surface area contributed by atoms with Gasteiger partial charge < -0.3 is 4.74 Å². The Bertz CT molecular complexity index is 1220. The third kappa shape index (κ3) is 4.69. The average molecular weight is 486 g/mol. The highest BCUT2D eigenvalue weighted by molar-refractivity contribution is 8.13. The number of carbonyl (C=O) groups excluding carboxylic acids is 1. The molecule has 0 atom stereocenters. The van der Waals surface area contributed by atoms with Crippen molar-refractivity contribution in [3.63, 3.8) is 0 Å². The van der Waals surface area contributed by atoms with Gasteiger partial charge in [0.15, 0.2) is 5.17 Å². The Balaban J connectivity index is 1.64. The van der Waals surface area contributed by atoms with Crippen LogP contribution in [-0.2, 0) is 10.5 Å². The summed E-state index contributed by atoms with van der Waals surface area (Å²) in [4.78, 5) is 30.7. The maximum Gasteiger partial charge on any atom is 0.283 e.